The summed E-state index contributed by atoms with van der Waals surface area (Å²) in [7, 11) is 5.06. The number of rotatable bonds is 19. The van der Waals surface area contributed by atoms with Crippen LogP contribution in [0.3, 0.4) is 0 Å². The molecule has 14 heteroatoms. The van der Waals surface area contributed by atoms with E-state index in [0.29, 0.717) is 81.2 Å². The zero-order chi connectivity index (χ0) is 31.0. The van der Waals surface area contributed by atoms with Crippen LogP contribution in [0.2, 0.25) is 0 Å². The van der Waals surface area contributed by atoms with Gasteiger partial charge in [-0.05, 0) is 29.8 Å². The molecule has 1 amide bonds. The summed E-state index contributed by atoms with van der Waals surface area (Å²) in [6.07, 6.45) is 4.19. The van der Waals surface area contributed by atoms with Gasteiger partial charge >= 0.3 is 0 Å². The number of carbonyl (C=O) groups is 1. The monoisotopic (exact) mass is 615 g/mol. The van der Waals surface area contributed by atoms with Gasteiger partial charge in [-0.2, -0.15) is 17.6 Å². The van der Waals surface area contributed by atoms with Crippen LogP contribution >= 0.6 is 12.6 Å². The molecule has 0 atom stereocenters. The number of methoxy groups -OCH3 is 2. The standard InChI is InChI=1S/C29H41N7O6S/c1-36(23-4-6-32-22(17-23)19-43)8-5-26(37)33-7-9-40-10-11-41-12-13-42-27-24(38-2)15-20(16-25(27)39-3)14-21-18-34-29(31)35-28(21)30/h4,6,15-18,43H,5,7-14,19H2,1-3H3,(H,33,37)(H4,30,31,34,35). The van der Waals surface area contributed by atoms with E-state index >= 15 is 0 Å². The number of pyridine rings is 1. The number of ether oxygens (including phenoxy) is 5. The molecule has 0 radical (unpaired) electrons. The van der Waals surface area contributed by atoms with Crippen LogP contribution < -0.4 is 35.9 Å². The lowest BCUT2D eigenvalue weighted by Gasteiger charge is -2.19. The van der Waals surface area contributed by atoms with Crippen molar-refractivity contribution in [2.75, 3.05) is 83.8 Å². The molecule has 3 rings (SSSR count). The lowest BCUT2D eigenvalue weighted by molar-refractivity contribution is -0.121. The summed E-state index contributed by atoms with van der Waals surface area (Å²) >= 11 is 4.25. The van der Waals surface area contributed by atoms with Crippen LogP contribution in [0.25, 0.3) is 0 Å². The van der Waals surface area contributed by atoms with Crippen LogP contribution in [0.4, 0.5) is 17.5 Å². The summed E-state index contributed by atoms with van der Waals surface area (Å²) < 4.78 is 28.1. The first-order chi connectivity index (χ1) is 20.8. The highest BCUT2D eigenvalue weighted by Crippen LogP contribution is 2.39. The second kappa shape index (κ2) is 17.8. The molecule has 2 heterocycles. The van der Waals surface area contributed by atoms with E-state index in [4.69, 9.17) is 35.2 Å². The molecule has 5 N–H and O–H groups in total. The smallest absolute Gasteiger partial charge is 0.221 e. The fourth-order valence-corrected chi connectivity index (χ4v) is 4.21. The van der Waals surface area contributed by atoms with Crippen LogP contribution in [0, 0.1) is 0 Å². The lowest BCUT2D eigenvalue weighted by Crippen LogP contribution is -2.31. The molecule has 0 aliphatic carbocycles. The molecular weight excluding hydrogens is 574 g/mol. The van der Waals surface area contributed by atoms with Crippen LogP contribution in [-0.2, 0) is 26.4 Å². The Bertz CT molecular complexity index is 1290. The van der Waals surface area contributed by atoms with Crippen molar-refractivity contribution in [3.63, 3.8) is 0 Å². The van der Waals surface area contributed by atoms with Gasteiger partial charge in [0.2, 0.25) is 17.6 Å². The molecule has 0 saturated carbocycles. The Hall–Kier alpha value is -4.01. The zero-order valence-electron chi connectivity index (χ0n) is 24.9. The molecule has 1 aromatic carbocycles. The van der Waals surface area contributed by atoms with Gasteiger partial charge in [0.05, 0.1) is 46.3 Å². The highest BCUT2D eigenvalue weighted by Gasteiger charge is 2.16. The van der Waals surface area contributed by atoms with Crippen molar-refractivity contribution in [3.8, 4) is 17.2 Å². The summed E-state index contributed by atoms with van der Waals surface area (Å²) in [6, 6.07) is 7.58. The van der Waals surface area contributed by atoms with E-state index in [0.717, 1.165) is 22.5 Å². The topological polar surface area (TPSA) is 169 Å². The molecule has 0 saturated heterocycles. The van der Waals surface area contributed by atoms with Gasteiger partial charge in [0.25, 0.3) is 0 Å². The maximum absolute atomic E-state index is 12.2. The number of hydrogen-bond donors (Lipinski definition) is 4. The number of carbonyl (C=O) groups excluding carboxylic acids is 1. The number of nitrogens with one attached hydrogen (secondary N) is 1. The van der Waals surface area contributed by atoms with E-state index in [1.807, 2.05) is 36.2 Å². The second-order valence-corrected chi connectivity index (χ2v) is 9.72. The second-order valence-electron chi connectivity index (χ2n) is 9.40. The first-order valence-corrected chi connectivity index (χ1v) is 14.4. The van der Waals surface area contributed by atoms with Crippen LogP contribution in [-0.4, -0.2) is 88.3 Å². The Balaban J connectivity index is 1.29. The quantitative estimate of drug-likeness (QED) is 0.115. The van der Waals surface area contributed by atoms with Gasteiger partial charge in [0.15, 0.2) is 11.5 Å². The number of aromatic nitrogens is 3. The predicted octanol–water partition coefficient (Wildman–Crippen LogP) is 2.13. The number of anilines is 3. The minimum Gasteiger partial charge on any atom is -0.493 e. The van der Waals surface area contributed by atoms with Gasteiger partial charge in [-0.3, -0.25) is 9.78 Å². The van der Waals surface area contributed by atoms with Gasteiger partial charge < -0.3 is 45.4 Å². The first kappa shape index (κ1) is 33.5. The van der Waals surface area contributed by atoms with E-state index in [1.54, 1.807) is 26.6 Å². The molecule has 234 valence electrons. The van der Waals surface area contributed by atoms with Crippen molar-refractivity contribution in [1.82, 2.24) is 20.3 Å². The Labute approximate surface area is 257 Å². The van der Waals surface area contributed by atoms with Gasteiger partial charge in [-0.1, -0.05) is 0 Å². The maximum atomic E-state index is 12.2. The van der Waals surface area contributed by atoms with E-state index in [-0.39, 0.29) is 18.5 Å². The van der Waals surface area contributed by atoms with Crippen molar-refractivity contribution in [2.45, 2.75) is 18.6 Å². The molecule has 0 aliphatic rings. The number of hydrogen-bond acceptors (Lipinski definition) is 13. The van der Waals surface area contributed by atoms with Gasteiger partial charge in [-0.15, -0.1) is 0 Å². The van der Waals surface area contributed by atoms with Gasteiger partial charge in [0, 0.05) is 62.4 Å². The number of nitrogens with zero attached hydrogens (tertiary/aromatic N) is 4. The molecule has 2 aromatic heterocycles. The fraction of sp³-hybridized carbons (Fsp3) is 0.448. The van der Waals surface area contributed by atoms with Crippen molar-refractivity contribution in [2.24, 2.45) is 0 Å². The summed E-state index contributed by atoms with van der Waals surface area (Å²) in [5.74, 6) is 2.48. The third-order valence-electron chi connectivity index (χ3n) is 6.32. The van der Waals surface area contributed by atoms with E-state index in [9.17, 15) is 4.79 Å². The van der Waals surface area contributed by atoms with E-state index < -0.39 is 0 Å². The number of thiol groups is 1. The van der Waals surface area contributed by atoms with Gasteiger partial charge in [-0.25, -0.2) is 4.98 Å². The molecule has 0 bridgehead atoms. The predicted molar refractivity (Wildman–Crippen MR) is 168 cm³/mol. The zero-order valence-corrected chi connectivity index (χ0v) is 25.8. The highest BCUT2D eigenvalue weighted by molar-refractivity contribution is 7.79. The van der Waals surface area contributed by atoms with Crippen molar-refractivity contribution in [1.29, 1.82) is 0 Å². The summed E-state index contributed by atoms with van der Waals surface area (Å²) in [5.41, 5.74) is 15.1. The minimum absolute atomic E-state index is 0.0328. The summed E-state index contributed by atoms with van der Waals surface area (Å²) in [6.45, 7) is 2.83. The van der Waals surface area contributed by atoms with Crippen LogP contribution in [0.5, 0.6) is 17.2 Å². The summed E-state index contributed by atoms with van der Waals surface area (Å²) in [5, 5.41) is 2.87. The maximum Gasteiger partial charge on any atom is 0.221 e. The average molecular weight is 616 g/mol. The minimum atomic E-state index is -0.0328. The molecule has 0 fully saturated rings. The molecule has 0 unspecified atom stereocenters. The Morgan fingerprint density at radius 1 is 1.00 bits per heavy atom. The van der Waals surface area contributed by atoms with Crippen molar-refractivity contribution in [3.05, 3.63) is 53.5 Å². The Morgan fingerprint density at radius 3 is 2.37 bits per heavy atom. The van der Waals surface area contributed by atoms with Crippen molar-refractivity contribution < 1.29 is 28.5 Å². The SMILES string of the molecule is COc1cc(Cc2cnc(N)nc2N)cc(OC)c1OCCOCCOCCNC(=O)CCN(C)c1ccnc(CS)c1. The van der Waals surface area contributed by atoms with Crippen molar-refractivity contribution >= 4 is 36.0 Å². The largest absolute Gasteiger partial charge is 0.493 e. The molecule has 3 aromatic rings. The molecular formula is C29H41N7O6S. The average Bonchev–Trinajstić information content (AvgIpc) is 3.02. The van der Waals surface area contributed by atoms with E-state index in [1.165, 1.54) is 0 Å². The molecule has 0 spiro atoms. The number of amides is 1. The molecule has 13 nitrogen and oxygen atoms in total. The first-order valence-electron chi connectivity index (χ1n) is 13.8. The van der Waals surface area contributed by atoms with Crippen LogP contribution in [0.15, 0.2) is 36.7 Å². The Morgan fingerprint density at radius 2 is 1.70 bits per heavy atom. The number of benzene rings is 1. The number of nitrogens with two attached hydrogens (primary N) is 2. The Kier molecular flexibility index (Phi) is 13.9. The summed E-state index contributed by atoms with van der Waals surface area (Å²) in [4.78, 5) is 26.4. The highest BCUT2D eigenvalue weighted by atomic mass is 32.1. The van der Waals surface area contributed by atoms with Crippen LogP contribution in [0.1, 0.15) is 23.2 Å². The molecule has 0 aliphatic heterocycles. The van der Waals surface area contributed by atoms with Gasteiger partial charge in [0.1, 0.15) is 12.4 Å². The lowest BCUT2D eigenvalue weighted by atomic mass is 10.1. The fourth-order valence-electron chi connectivity index (χ4n) is 4.03. The third kappa shape index (κ3) is 11.0. The molecule has 43 heavy (non-hydrogen) atoms. The third-order valence-corrected chi connectivity index (χ3v) is 6.65. The van der Waals surface area contributed by atoms with E-state index in [2.05, 4.69) is 32.9 Å². The normalized spacial score (nSPS) is 10.8. The number of nitrogen functional groups attached to an aromatic ring is 2.